The fourth-order valence-corrected chi connectivity index (χ4v) is 1.33. The highest BCUT2D eigenvalue weighted by atomic mass is 16.6. The number of carbonyl (C=O) groups is 1. The number of nitrogens with one attached hydrogen (secondary N) is 1. The summed E-state index contributed by atoms with van der Waals surface area (Å²) in [5.74, 6) is 0.806. The summed E-state index contributed by atoms with van der Waals surface area (Å²) in [5, 5.41) is 2.82. The molecule has 96 valence electrons. The molecule has 2 atom stereocenters. The Kier molecular flexibility index (Phi) is 5.79. The fourth-order valence-electron chi connectivity index (χ4n) is 1.33. The molecule has 4 nitrogen and oxygen atoms in total. The number of alkyl carbamates (subject to hydrolysis) is 1. The lowest BCUT2D eigenvalue weighted by molar-refractivity contribution is 0.0483. The molecule has 0 saturated carbocycles. The van der Waals surface area contributed by atoms with E-state index in [1.807, 2.05) is 20.8 Å². The first-order valence-corrected chi connectivity index (χ1v) is 5.87. The highest BCUT2D eigenvalue weighted by Gasteiger charge is 2.23. The Hall–Kier alpha value is -0.770. The minimum atomic E-state index is -0.468. The first-order valence-electron chi connectivity index (χ1n) is 5.87. The molecule has 1 amide bonds. The lowest BCUT2D eigenvalue weighted by atomic mass is 9.90. The van der Waals surface area contributed by atoms with Crippen LogP contribution in [0.4, 0.5) is 4.79 Å². The Morgan fingerprint density at radius 3 is 2.12 bits per heavy atom. The van der Waals surface area contributed by atoms with Crippen LogP contribution in [0.25, 0.3) is 0 Å². The number of hydrogen-bond acceptors (Lipinski definition) is 3. The molecule has 0 radical (unpaired) electrons. The van der Waals surface area contributed by atoms with Crippen molar-refractivity contribution in [2.75, 3.05) is 6.54 Å². The second-order valence-corrected chi connectivity index (χ2v) is 5.59. The third-order valence-electron chi connectivity index (χ3n) is 2.64. The summed E-state index contributed by atoms with van der Waals surface area (Å²) in [6.45, 7) is 12.3. The van der Waals surface area contributed by atoms with E-state index in [2.05, 4.69) is 26.1 Å². The topological polar surface area (TPSA) is 64.3 Å². The van der Waals surface area contributed by atoms with Crippen LogP contribution >= 0.6 is 0 Å². The van der Waals surface area contributed by atoms with Crippen molar-refractivity contribution in [3.8, 4) is 0 Å². The average Bonchev–Trinajstić information content (AvgIpc) is 2.09. The normalized spacial score (nSPS) is 15.8. The van der Waals surface area contributed by atoms with Crippen LogP contribution in [0.5, 0.6) is 0 Å². The molecule has 0 rings (SSSR count). The van der Waals surface area contributed by atoms with Crippen molar-refractivity contribution in [3.05, 3.63) is 0 Å². The van der Waals surface area contributed by atoms with E-state index < -0.39 is 11.7 Å². The molecule has 0 spiro atoms. The van der Waals surface area contributed by atoms with Crippen molar-refractivity contribution in [1.82, 2.24) is 5.32 Å². The second kappa shape index (κ2) is 6.09. The van der Waals surface area contributed by atoms with E-state index in [4.69, 9.17) is 10.5 Å². The van der Waals surface area contributed by atoms with Gasteiger partial charge in [0, 0.05) is 12.6 Å². The maximum Gasteiger partial charge on any atom is 0.407 e. The molecule has 0 aromatic heterocycles. The summed E-state index contributed by atoms with van der Waals surface area (Å²) >= 11 is 0. The minimum absolute atomic E-state index is 0.0325. The number of rotatable bonds is 4. The zero-order chi connectivity index (χ0) is 12.9. The lowest BCUT2D eigenvalue weighted by Crippen LogP contribution is -2.47. The van der Waals surface area contributed by atoms with Crippen molar-refractivity contribution < 1.29 is 9.53 Å². The van der Waals surface area contributed by atoms with Crippen molar-refractivity contribution >= 4 is 6.09 Å². The largest absolute Gasteiger partial charge is 0.444 e. The summed E-state index contributed by atoms with van der Waals surface area (Å²) in [6, 6.07) is -0.0325. The van der Waals surface area contributed by atoms with Gasteiger partial charge in [-0.3, -0.25) is 0 Å². The van der Waals surface area contributed by atoms with Crippen LogP contribution in [0.1, 0.15) is 41.5 Å². The zero-order valence-electron chi connectivity index (χ0n) is 11.3. The Morgan fingerprint density at radius 1 is 1.31 bits per heavy atom. The summed E-state index contributed by atoms with van der Waals surface area (Å²) < 4.78 is 5.19. The maximum absolute atomic E-state index is 11.6. The molecule has 0 aromatic carbocycles. The smallest absolute Gasteiger partial charge is 0.407 e. The molecule has 4 heteroatoms. The van der Waals surface area contributed by atoms with Gasteiger partial charge in [-0.2, -0.15) is 0 Å². The van der Waals surface area contributed by atoms with Crippen molar-refractivity contribution in [3.63, 3.8) is 0 Å². The number of nitrogens with two attached hydrogens (primary N) is 1. The molecule has 2 unspecified atom stereocenters. The first-order chi connectivity index (χ1) is 7.17. The molecule has 16 heavy (non-hydrogen) atoms. The van der Waals surface area contributed by atoms with Crippen LogP contribution < -0.4 is 11.1 Å². The van der Waals surface area contributed by atoms with E-state index in [1.165, 1.54) is 0 Å². The number of ether oxygens (including phenoxy) is 1. The number of hydrogen-bond donors (Lipinski definition) is 2. The van der Waals surface area contributed by atoms with Gasteiger partial charge in [0.1, 0.15) is 5.60 Å². The van der Waals surface area contributed by atoms with Gasteiger partial charge < -0.3 is 15.8 Å². The van der Waals surface area contributed by atoms with Gasteiger partial charge in [-0.05, 0) is 32.6 Å². The molecule has 0 aliphatic heterocycles. The quantitative estimate of drug-likeness (QED) is 0.777. The van der Waals surface area contributed by atoms with Crippen molar-refractivity contribution in [1.29, 1.82) is 0 Å². The SMILES string of the molecule is CC(C)C(C)C(CN)NC(=O)OC(C)(C)C. The standard InChI is InChI=1S/C12H26N2O2/c1-8(2)9(3)10(7-13)14-11(15)16-12(4,5)6/h8-10H,7,13H2,1-6H3,(H,14,15). The minimum Gasteiger partial charge on any atom is -0.444 e. The predicted molar refractivity (Wildman–Crippen MR) is 66.2 cm³/mol. The lowest BCUT2D eigenvalue weighted by Gasteiger charge is -2.28. The predicted octanol–water partition coefficient (Wildman–Crippen LogP) is 2.13. The molecule has 0 fully saturated rings. The van der Waals surface area contributed by atoms with Gasteiger partial charge >= 0.3 is 6.09 Å². The van der Waals surface area contributed by atoms with Crippen LogP contribution in [0.3, 0.4) is 0 Å². The molecule has 0 heterocycles. The Labute approximate surface area is 98.9 Å². The first kappa shape index (κ1) is 15.2. The molecular weight excluding hydrogens is 204 g/mol. The average molecular weight is 230 g/mol. The summed E-state index contributed by atoms with van der Waals surface area (Å²) in [7, 11) is 0. The number of carbonyl (C=O) groups excluding carboxylic acids is 1. The Balaban J connectivity index is 4.28. The molecular formula is C12H26N2O2. The number of amides is 1. The highest BCUT2D eigenvalue weighted by molar-refractivity contribution is 5.68. The zero-order valence-corrected chi connectivity index (χ0v) is 11.3. The van der Waals surface area contributed by atoms with Gasteiger partial charge in [-0.1, -0.05) is 20.8 Å². The highest BCUT2D eigenvalue weighted by Crippen LogP contribution is 2.14. The molecule has 0 aromatic rings. The monoisotopic (exact) mass is 230 g/mol. The molecule has 3 N–H and O–H groups in total. The van der Waals surface area contributed by atoms with Crippen molar-refractivity contribution in [2.24, 2.45) is 17.6 Å². The van der Waals surface area contributed by atoms with Gasteiger partial charge in [-0.25, -0.2) is 4.79 Å². The third-order valence-corrected chi connectivity index (χ3v) is 2.64. The van der Waals surface area contributed by atoms with Gasteiger partial charge in [-0.15, -0.1) is 0 Å². The van der Waals surface area contributed by atoms with E-state index in [9.17, 15) is 4.79 Å². The van der Waals surface area contributed by atoms with Gasteiger partial charge in [0.15, 0.2) is 0 Å². The van der Waals surface area contributed by atoms with Crippen molar-refractivity contribution in [2.45, 2.75) is 53.2 Å². The summed E-state index contributed by atoms with van der Waals surface area (Å²) in [5.41, 5.74) is 5.19. The molecule has 0 aliphatic rings. The van der Waals surface area contributed by atoms with Gasteiger partial charge in [0.05, 0.1) is 0 Å². The van der Waals surface area contributed by atoms with Crippen LogP contribution in [-0.4, -0.2) is 24.3 Å². The molecule has 0 aliphatic carbocycles. The van der Waals surface area contributed by atoms with E-state index in [0.717, 1.165) is 0 Å². The van der Waals surface area contributed by atoms with E-state index in [-0.39, 0.29) is 6.04 Å². The Bertz CT molecular complexity index is 222. The fraction of sp³-hybridized carbons (Fsp3) is 0.917. The van der Waals surface area contributed by atoms with Crippen LogP contribution in [0, 0.1) is 11.8 Å². The third kappa shape index (κ3) is 5.95. The van der Waals surface area contributed by atoms with Crippen LogP contribution in [-0.2, 0) is 4.74 Å². The Morgan fingerprint density at radius 2 is 1.81 bits per heavy atom. The maximum atomic E-state index is 11.6. The van der Waals surface area contributed by atoms with E-state index in [1.54, 1.807) is 0 Å². The van der Waals surface area contributed by atoms with E-state index in [0.29, 0.717) is 18.4 Å². The van der Waals surface area contributed by atoms with Gasteiger partial charge in [0.2, 0.25) is 0 Å². The summed E-state index contributed by atoms with van der Waals surface area (Å²) in [6.07, 6.45) is -0.393. The molecule has 0 saturated heterocycles. The van der Waals surface area contributed by atoms with Crippen LogP contribution in [0.15, 0.2) is 0 Å². The van der Waals surface area contributed by atoms with Crippen LogP contribution in [0.2, 0.25) is 0 Å². The van der Waals surface area contributed by atoms with Gasteiger partial charge in [0.25, 0.3) is 0 Å². The summed E-state index contributed by atoms with van der Waals surface area (Å²) in [4.78, 5) is 11.6. The molecule has 0 bridgehead atoms. The van der Waals surface area contributed by atoms with E-state index >= 15 is 0 Å². The second-order valence-electron chi connectivity index (χ2n) is 5.59.